The van der Waals surface area contributed by atoms with Gasteiger partial charge in [-0.1, -0.05) is 18.2 Å². The largest absolute Gasteiger partial charge is 0.496 e. The van der Waals surface area contributed by atoms with Gasteiger partial charge in [-0.2, -0.15) is 0 Å². The molecule has 2 aliphatic heterocycles. The lowest BCUT2D eigenvalue weighted by Gasteiger charge is -2.33. The van der Waals surface area contributed by atoms with Gasteiger partial charge in [0.25, 0.3) is 0 Å². The highest BCUT2D eigenvalue weighted by Crippen LogP contribution is 2.33. The molecule has 2 amide bonds. The maximum absolute atomic E-state index is 12.4. The van der Waals surface area contributed by atoms with E-state index in [-0.39, 0.29) is 6.03 Å². The summed E-state index contributed by atoms with van der Waals surface area (Å²) in [6.07, 6.45) is 4.22. The number of urea groups is 1. The summed E-state index contributed by atoms with van der Waals surface area (Å²) in [4.78, 5) is 14.3. The second kappa shape index (κ2) is 8.38. The van der Waals surface area contributed by atoms with Gasteiger partial charge in [0.1, 0.15) is 5.75 Å². The van der Waals surface area contributed by atoms with E-state index in [4.69, 9.17) is 9.47 Å². The number of hydrogen-bond acceptors (Lipinski definition) is 3. The van der Waals surface area contributed by atoms with Crippen molar-refractivity contribution in [1.29, 1.82) is 0 Å². The van der Waals surface area contributed by atoms with Gasteiger partial charge in [0.05, 0.1) is 13.7 Å². The zero-order valence-electron chi connectivity index (χ0n) is 14.5. The highest BCUT2D eigenvalue weighted by molar-refractivity contribution is 5.74. The molecule has 5 heteroatoms. The van der Waals surface area contributed by atoms with Gasteiger partial charge >= 0.3 is 6.03 Å². The van der Waals surface area contributed by atoms with Gasteiger partial charge in [-0.05, 0) is 49.1 Å². The van der Waals surface area contributed by atoms with Crippen LogP contribution in [0.3, 0.4) is 0 Å². The molecule has 132 valence electrons. The molecule has 1 unspecified atom stereocenters. The molecule has 2 fully saturated rings. The van der Waals surface area contributed by atoms with E-state index in [0.717, 1.165) is 64.3 Å². The van der Waals surface area contributed by atoms with E-state index < -0.39 is 0 Å². The number of likely N-dealkylation sites (tertiary alicyclic amines) is 1. The lowest BCUT2D eigenvalue weighted by Crippen LogP contribution is -2.46. The minimum atomic E-state index is 0.0686. The SMILES string of the molecule is COc1ccccc1C1CCN(C(=O)NCC2CCCOC2)CC1. The van der Waals surface area contributed by atoms with Crippen molar-refractivity contribution < 1.29 is 14.3 Å². The third kappa shape index (κ3) is 4.20. The number of hydrogen-bond donors (Lipinski definition) is 1. The Morgan fingerprint density at radius 2 is 2.08 bits per heavy atom. The molecule has 1 aromatic rings. The molecule has 2 heterocycles. The predicted molar refractivity (Wildman–Crippen MR) is 93.5 cm³/mol. The summed E-state index contributed by atoms with van der Waals surface area (Å²) in [6.45, 7) is 3.97. The molecule has 0 aliphatic carbocycles. The smallest absolute Gasteiger partial charge is 0.317 e. The Kier molecular flexibility index (Phi) is 5.96. The van der Waals surface area contributed by atoms with Crippen molar-refractivity contribution in [2.45, 2.75) is 31.6 Å². The van der Waals surface area contributed by atoms with Gasteiger partial charge in [-0.3, -0.25) is 0 Å². The monoisotopic (exact) mass is 332 g/mol. The van der Waals surface area contributed by atoms with E-state index in [1.165, 1.54) is 5.56 Å². The van der Waals surface area contributed by atoms with Crippen molar-refractivity contribution in [3.8, 4) is 5.75 Å². The Hall–Kier alpha value is -1.75. The summed E-state index contributed by atoms with van der Waals surface area (Å²) in [7, 11) is 1.72. The number of rotatable bonds is 4. The summed E-state index contributed by atoms with van der Waals surface area (Å²) >= 11 is 0. The number of carbonyl (C=O) groups is 1. The zero-order valence-corrected chi connectivity index (χ0v) is 14.5. The maximum Gasteiger partial charge on any atom is 0.317 e. The fraction of sp³-hybridized carbons (Fsp3) is 0.632. The highest BCUT2D eigenvalue weighted by atomic mass is 16.5. The van der Waals surface area contributed by atoms with Gasteiger partial charge in [0.15, 0.2) is 0 Å². The number of carbonyl (C=O) groups excluding carboxylic acids is 1. The van der Waals surface area contributed by atoms with Crippen molar-refractivity contribution in [2.24, 2.45) is 5.92 Å². The number of ether oxygens (including phenoxy) is 2. The fourth-order valence-corrected chi connectivity index (χ4v) is 3.71. The molecular weight excluding hydrogens is 304 g/mol. The topological polar surface area (TPSA) is 50.8 Å². The van der Waals surface area contributed by atoms with Crippen LogP contribution in [-0.4, -0.2) is 50.9 Å². The Balaban J connectivity index is 1.46. The van der Waals surface area contributed by atoms with Crippen LogP contribution in [0.5, 0.6) is 5.75 Å². The number of amides is 2. The molecule has 2 aliphatic rings. The van der Waals surface area contributed by atoms with E-state index in [1.54, 1.807) is 7.11 Å². The molecule has 1 aromatic carbocycles. The highest BCUT2D eigenvalue weighted by Gasteiger charge is 2.26. The Morgan fingerprint density at radius 3 is 2.79 bits per heavy atom. The molecule has 1 atom stereocenters. The molecular formula is C19H28N2O3. The van der Waals surface area contributed by atoms with Gasteiger partial charge in [0.2, 0.25) is 0 Å². The van der Waals surface area contributed by atoms with E-state index in [9.17, 15) is 4.79 Å². The minimum absolute atomic E-state index is 0.0686. The number of benzene rings is 1. The number of nitrogens with zero attached hydrogens (tertiary/aromatic N) is 1. The quantitative estimate of drug-likeness (QED) is 0.922. The van der Waals surface area contributed by atoms with Gasteiger partial charge < -0.3 is 19.7 Å². The lowest BCUT2D eigenvalue weighted by atomic mass is 9.89. The van der Waals surface area contributed by atoms with Crippen LogP contribution in [0.2, 0.25) is 0 Å². The van der Waals surface area contributed by atoms with Crippen LogP contribution >= 0.6 is 0 Å². The van der Waals surface area contributed by atoms with Crippen LogP contribution in [0.15, 0.2) is 24.3 Å². The summed E-state index contributed by atoms with van der Waals surface area (Å²) in [5.41, 5.74) is 1.26. The summed E-state index contributed by atoms with van der Waals surface area (Å²) < 4.78 is 10.9. The fourth-order valence-electron chi connectivity index (χ4n) is 3.71. The van der Waals surface area contributed by atoms with E-state index in [1.807, 2.05) is 17.0 Å². The first kappa shape index (κ1) is 17.1. The lowest BCUT2D eigenvalue weighted by molar-refractivity contribution is 0.0550. The second-order valence-electron chi connectivity index (χ2n) is 6.77. The van der Waals surface area contributed by atoms with E-state index in [0.29, 0.717) is 11.8 Å². The molecule has 0 radical (unpaired) electrons. The molecule has 24 heavy (non-hydrogen) atoms. The Bertz CT molecular complexity index is 535. The number of piperidine rings is 1. The first-order chi connectivity index (χ1) is 11.8. The third-order valence-electron chi connectivity index (χ3n) is 5.16. The molecule has 5 nitrogen and oxygen atoms in total. The Morgan fingerprint density at radius 1 is 1.29 bits per heavy atom. The summed E-state index contributed by atoms with van der Waals surface area (Å²) in [5, 5.41) is 3.08. The first-order valence-corrected chi connectivity index (χ1v) is 9.01. The van der Waals surface area contributed by atoms with Crippen LogP contribution in [0, 0.1) is 5.92 Å². The zero-order chi connectivity index (χ0) is 16.8. The maximum atomic E-state index is 12.4. The molecule has 0 bridgehead atoms. The molecule has 2 saturated heterocycles. The van der Waals surface area contributed by atoms with Crippen LogP contribution in [0.25, 0.3) is 0 Å². The van der Waals surface area contributed by atoms with Crippen molar-refractivity contribution in [2.75, 3.05) is 40.0 Å². The average molecular weight is 332 g/mol. The molecule has 0 saturated carbocycles. The van der Waals surface area contributed by atoms with Crippen molar-refractivity contribution in [3.05, 3.63) is 29.8 Å². The van der Waals surface area contributed by atoms with Crippen LogP contribution < -0.4 is 10.1 Å². The van der Waals surface area contributed by atoms with Crippen molar-refractivity contribution in [1.82, 2.24) is 10.2 Å². The average Bonchev–Trinajstić information content (AvgIpc) is 2.67. The normalized spacial score (nSPS) is 22.2. The minimum Gasteiger partial charge on any atom is -0.496 e. The molecule has 0 aromatic heterocycles. The van der Waals surface area contributed by atoms with Gasteiger partial charge in [0, 0.05) is 26.2 Å². The molecule has 1 N–H and O–H groups in total. The third-order valence-corrected chi connectivity index (χ3v) is 5.16. The van der Waals surface area contributed by atoms with E-state index >= 15 is 0 Å². The number of para-hydroxylation sites is 1. The van der Waals surface area contributed by atoms with Crippen LogP contribution in [0.1, 0.15) is 37.2 Å². The Labute approximate surface area is 144 Å². The second-order valence-corrected chi connectivity index (χ2v) is 6.77. The standard InChI is InChI=1S/C19H28N2O3/c1-23-18-7-3-2-6-17(18)16-8-10-21(11-9-16)19(22)20-13-15-5-4-12-24-14-15/h2-3,6-7,15-16H,4-5,8-14H2,1H3,(H,20,22). The predicted octanol–water partition coefficient (Wildman–Crippen LogP) is 3.01. The summed E-state index contributed by atoms with van der Waals surface area (Å²) in [6, 6.07) is 8.28. The van der Waals surface area contributed by atoms with Gasteiger partial charge in [-0.15, -0.1) is 0 Å². The molecule has 3 rings (SSSR count). The van der Waals surface area contributed by atoms with Crippen molar-refractivity contribution in [3.63, 3.8) is 0 Å². The van der Waals surface area contributed by atoms with Crippen LogP contribution in [-0.2, 0) is 4.74 Å². The first-order valence-electron chi connectivity index (χ1n) is 9.01. The van der Waals surface area contributed by atoms with Crippen LogP contribution in [0.4, 0.5) is 4.79 Å². The van der Waals surface area contributed by atoms with Crippen molar-refractivity contribution >= 4 is 6.03 Å². The summed E-state index contributed by atoms with van der Waals surface area (Å²) in [5.74, 6) is 1.89. The molecule has 0 spiro atoms. The number of nitrogens with one attached hydrogen (secondary N) is 1. The van der Waals surface area contributed by atoms with Gasteiger partial charge in [-0.25, -0.2) is 4.79 Å². The van der Waals surface area contributed by atoms with E-state index in [2.05, 4.69) is 17.4 Å². The number of methoxy groups -OCH3 is 1.